The molecule has 0 N–H and O–H groups in total. The van der Waals surface area contributed by atoms with E-state index in [0.717, 1.165) is 18.2 Å². The van der Waals surface area contributed by atoms with E-state index in [-0.39, 0.29) is 0 Å². The van der Waals surface area contributed by atoms with Crippen molar-refractivity contribution in [1.29, 1.82) is 5.26 Å². The normalized spacial score (nSPS) is 16.6. The Hall–Kier alpha value is -1.15. The van der Waals surface area contributed by atoms with Crippen LogP contribution in [-0.4, -0.2) is 22.4 Å². The van der Waals surface area contributed by atoms with Gasteiger partial charge in [0.05, 0.1) is 12.5 Å². The van der Waals surface area contributed by atoms with E-state index in [9.17, 15) is 0 Å². The summed E-state index contributed by atoms with van der Waals surface area (Å²) in [5, 5.41) is 9.48. The van der Waals surface area contributed by atoms with E-state index in [2.05, 4.69) is 20.3 Å². The van der Waals surface area contributed by atoms with E-state index in [4.69, 9.17) is 5.26 Å². The number of nitrogens with zero attached hydrogens (tertiary/aromatic N) is 4. The van der Waals surface area contributed by atoms with Gasteiger partial charge in [0, 0.05) is 24.6 Å². The van der Waals surface area contributed by atoms with Crippen LogP contribution in [0.15, 0.2) is 0 Å². The fraction of sp³-hybridized carbons (Fsp3) is 0.667. The fourth-order valence-corrected chi connectivity index (χ4v) is 2.34. The zero-order valence-electron chi connectivity index (χ0n) is 7.94. The molecule has 14 heavy (non-hydrogen) atoms. The lowest BCUT2D eigenvalue weighted by Gasteiger charge is -2.25. The molecule has 2 heterocycles. The van der Waals surface area contributed by atoms with Gasteiger partial charge in [-0.1, -0.05) is 0 Å². The zero-order valence-corrected chi connectivity index (χ0v) is 8.76. The van der Waals surface area contributed by atoms with Gasteiger partial charge in [-0.05, 0) is 19.3 Å². The summed E-state index contributed by atoms with van der Waals surface area (Å²) in [5.74, 6) is 0.665. The van der Waals surface area contributed by atoms with E-state index in [1.165, 1.54) is 30.8 Å². The summed E-state index contributed by atoms with van der Waals surface area (Å²) >= 11 is 1.41. The monoisotopic (exact) mass is 208 g/mol. The van der Waals surface area contributed by atoms with Crippen LogP contribution in [0.5, 0.6) is 0 Å². The predicted molar refractivity (Wildman–Crippen MR) is 55.3 cm³/mol. The lowest BCUT2D eigenvalue weighted by atomic mass is 10.1. The summed E-state index contributed by atoms with van der Waals surface area (Å²) in [4.78, 5) is 6.60. The van der Waals surface area contributed by atoms with Crippen molar-refractivity contribution in [3.63, 3.8) is 0 Å². The molecule has 1 aromatic heterocycles. The second-order valence-electron chi connectivity index (χ2n) is 3.38. The molecular formula is C9H12N4S. The molecule has 5 heteroatoms. The summed E-state index contributed by atoms with van der Waals surface area (Å²) in [6.07, 6.45) is 4.13. The van der Waals surface area contributed by atoms with Gasteiger partial charge in [-0.3, -0.25) is 0 Å². The van der Waals surface area contributed by atoms with Crippen molar-refractivity contribution in [3.8, 4) is 6.07 Å². The van der Waals surface area contributed by atoms with Crippen LogP contribution >= 0.6 is 11.5 Å². The molecule has 1 aliphatic heterocycles. The third-order valence-electron chi connectivity index (χ3n) is 2.32. The van der Waals surface area contributed by atoms with Gasteiger partial charge < -0.3 is 4.90 Å². The standard InChI is InChI=1S/C9H12N4S/c10-5-4-8-11-9(14-12-8)13-6-2-1-3-7-13/h1-4,6-7H2. The highest BCUT2D eigenvalue weighted by molar-refractivity contribution is 7.09. The van der Waals surface area contributed by atoms with Crippen LogP contribution in [0.1, 0.15) is 25.1 Å². The fourth-order valence-electron chi connectivity index (χ4n) is 1.60. The van der Waals surface area contributed by atoms with Gasteiger partial charge in [0.2, 0.25) is 5.13 Å². The van der Waals surface area contributed by atoms with E-state index in [1.807, 2.05) is 0 Å². The maximum atomic E-state index is 8.50. The molecule has 0 bridgehead atoms. The number of nitriles is 1. The highest BCUT2D eigenvalue weighted by Gasteiger charge is 2.14. The van der Waals surface area contributed by atoms with Gasteiger partial charge in [-0.2, -0.15) is 9.64 Å². The average molecular weight is 208 g/mol. The number of rotatable bonds is 2. The maximum Gasteiger partial charge on any atom is 0.205 e. The molecule has 2 rings (SSSR count). The van der Waals surface area contributed by atoms with Gasteiger partial charge in [-0.25, -0.2) is 4.98 Å². The number of piperidine rings is 1. The van der Waals surface area contributed by atoms with Gasteiger partial charge in [0.15, 0.2) is 5.82 Å². The molecule has 1 aromatic rings. The van der Waals surface area contributed by atoms with Crippen LogP contribution in [-0.2, 0) is 6.42 Å². The molecule has 0 amide bonds. The maximum absolute atomic E-state index is 8.50. The van der Waals surface area contributed by atoms with Crippen molar-refractivity contribution >= 4 is 16.7 Å². The van der Waals surface area contributed by atoms with E-state index in [0.29, 0.717) is 12.2 Å². The first-order valence-corrected chi connectivity index (χ1v) is 5.62. The Bertz CT molecular complexity index is 335. The Balaban J connectivity index is 2.04. The smallest absolute Gasteiger partial charge is 0.205 e. The lowest BCUT2D eigenvalue weighted by Crippen LogP contribution is -2.29. The summed E-state index contributed by atoms with van der Waals surface area (Å²) in [5.41, 5.74) is 0. The second kappa shape index (κ2) is 4.38. The summed E-state index contributed by atoms with van der Waals surface area (Å²) in [6.45, 7) is 2.17. The molecule has 0 aliphatic carbocycles. The van der Waals surface area contributed by atoms with E-state index in [1.54, 1.807) is 0 Å². The molecule has 0 saturated carbocycles. The first-order chi connectivity index (χ1) is 6.90. The largest absolute Gasteiger partial charge is 0.347 e. The predicted octanol–water partition coefficient (Wildman–Crippen LogP) is 1.59. The molecule has 0 spiro atoms. The van der Waals surface area contributed by atoms with Crippen molar-refractivity contribution < 1.29 is 0 Å². The Labute approximate surface area is 87.4 Å². The highest BCUT2D eigenvalue weighted by Crippen LogP contribution is 2.21. The molecular weight excluding hydrogens is 196 g/mol. The van der Waals surface area contributed by atoms with Crippen LogP contribution in [0.3, 0.4) is 0 Å². The number of hydrogen-bond donors (Lipinski definition) is 0. The Morgan fingerprint density at radius 2 is 2.14 bits per heavy atom. The third kappa shape index (κ3) is 2.02. The molecule has 0 radical (unpaired) electrons. The molecule has 0 unspecified atom stereocenters. The summed E-state index contributed by atoms with van der Waals surface area (Å²) < 4.78 is 4.15. The zero-order chi connectivity index (χ0) is 9.80. The molecule has 1 aliphatic rings. The minimum atomic E-state index is 0.324. The molecule has 4 nitrogen and oxygen atoms in total. The van der Waals surface area contributed by atoms with E-state index >= 15 is 0 Å². The quantitative estimate of drug-likeness (QED) is 0.740. The Morgan fingerprint density at radius 3 is 2.86 bits per heavy atom. The summed E-state index contributed by atoms with van der Waals surface area (Å²) in [6, 6.07) is 2.06. The first-order valence-electron chi connectivity index (χ1n) is 4.84. The average Bonchev–Trinajstić information content (AvgIpc) is 2.68. The number of aromatic nitrogens is 2. The lowest BCUT2D eigenvalue weighted by molar-refractivity contribution is 0.576. The van der Waals surface area contributed by atoms with Gasteiger partial charge in [0.25, 0.3) is 0 Å². The third-order valence-corrected chi connectivity index (χ3v) is 3.14. The van der Waals surface area contributed by atoms with Crippen LogP contribution in [0.25, 0.3) is 0 Å². The minimum Gasteiger partial charge on any atom is -0.347 e. The highest BCUT2D eigenvalue weighted by atomic mass is 32.1. The topological polar surface area (TPSA) is 52.8 Å². The van der Waals surface area contributed by atoms with E-state index < -0.39 is 0 Å². The summed E-state index contributed by atoms with van der Waals surface area (Å²) in [7, 11) is 0. The molecule has 1 saturated heterocycles. The first kappa shape index (κ1) is 9.41. The second-order valence-corrected chi connectivity index (χ2v) is 4.11. The molecule has 74 valence electrons. The van der Waals surface area contributed by atoms with Gasteiger partial charge in [0.1, 0.15) is 0 Å². The van der Waals surface area contributed by atoms with Crippen LogP contribution in [0, 0.1) is 11.3 Å². The van der Waals surface area contributed by atoms with Crippen molar-refractivity contribution in [2.75, 3.05) is 18.0 Å². The van der Waals surface area contributed by atoms with Gasteiger partial charge >= 0.3 is 0 Å². The van der Waals surface area contributed by atoms with Gasteiger partial charge in [-0.15, -0.1) is 0 Å². The van der Waals surface area contributed by atoms with Crippen LogP contribution in [0.4, 0.5) is 5.13 Å². The Kier molecular flexibility index (Phi) is 2.94. The number of anilines is 1. The minimum absolute atomic E-state index is 0.324. The number of hydrogen-bond acceptors (Lipinski definition) is 5. The van der Waals surface area contributed by atoms with Crippen molar-refractivity contribution in [3.05, 3.63) is 5.82 Å². The molecule has 1 fully saturated rings. The van der Waals surface area contributed by atoms with Crippen molar-refractivity contribution in [2.24, 2.45) is 0 Å². The Morgan fingerprint density at radius 1 is 1.36 bits per heavy atom. The molecule has 0 aromatic carbocycles. The van der Waals surface area contributed by atoms with Crippen LogP contribution < -0.4 is 4.90 Å². The molecule has 0 atom stereocenters. The van der Waals surface area contributed by atoms with Crippen molar-refractivity contribution in [1.82, 2.24) is 9.36 Å². The van der Waals surface area contributed by atoms with Crippen LogP contribution in [0.2, 0.25) is 0 Å². The SMILES string of the molecule is N#CCc1nsc(N2CCCCC2)n1. The van der Waals surface area contributed by atoms with Crippen molar-refractivity contribution in [2.45, 2.75) is 25.7 Å².